The van der Waals surface area contributed by atoms with E-state index in [1.54, 1.807) is 7.11 Å². The summed E-state index contributed by atoms with van der Waals surface area (Å²) in [7, 11) is 5.58. The number of ether oxygens (including phenoxy) is 1. The predicted molar refractivity (Wildman–Crippen MR) is 116 cm³/mol. The van der Waals surface area contributed by atoms with Crippen molar-refractivity contribution in [3.63, 3.8) is 0 Å². The molecule has 1 N–H and O–H groups in total. The van der Waals surface area contributed by atoms with Crippen LogP contribution in [0.2, 0.25) is 0 Å². The summed E-state index contributed by atoms with van der Waals surface area (Å²) in [6.45, 7) is 11.3. The molecule has 28 heavy (non-hydrogen) atoms. The summed E-state index contributed by atoms with van der Waals surface area (Å²) in [5.41, 5.74) is 2.28. The average molecular weight is 392 g/mol. The fourth-order valence-corrected chi connectivity index (χ4v) is 2.94. The molecule has 158 valence electrons. The van der Waals surface area contributed by atoms with Crippen molar-refractivity contribution in [1.29, 1.82) is 0 Å². The molecule has 0 radical (unpaired) electrons. The molecule has 0 bridgehead atoms. The van der Waals surface area contributed by atoms with Gasteiger partial charge in [0.25, 0.3) is 0 Å². The minimum absolute atomic E-state index is 0.000519. The normalized spacial score (nSPS) is 11.5. The highest BCUT2D eigenvalue weighted by Crippen LogP contribution is 2.27. The Hall–Kier alpha value is -2.08. The summed E-state index contributed by atoms with van der Waals surface area (Å²) in [4.78, 5) is 28.9. The van der Waals surface area contributed by atoms with Crippen molar-refractivity contribution < 1.29 is 14.3 Å². The van der Waals surface area contributed by atoms with Crippen LogP contribution in [0.15, 0.2) is 18.2 Å². The zero-order chi connectivity index (χ0) is 21.5. The van der Waals surface area contributed by atoms with E-state index in [4.69, 9.17) is 4.74 Å². The fraction of sp³-hybridized carbons (Fsp3) is 0.636. The van der Waals surface area contributed by atoms with Gasteiger partial charge in [-0.2, -0.15) is 0 Å². The molecule has 0 unspecified atom stereocenters. The zero-order valence-electron chi connectivity index (χ0n) is 18.8. The molecule has 0 aliphatic rings. The lowest BCUT2D eigenvalue weighted by molar-refractivity contribution is -0.140. The molecular weight excluding hydrogens is 354 g/mol. The van der Waals surface area contributed by atoms with Gasteiger partial charge in [0, 0.05) is 57.5 Å². The van der Waals surface area contributed by atoms with E-state index in [0.717, 1.165) is 16.9 Å². The maximum absolute atomic E-state index is 12.9. The number of anilines is 2. The highest BCUT2D eigenvalue weighted by Gasteiger charge is 2.27. The van der Waals surface area contributed by atoms with Crippen molar-refractivity contribution in [2.75, 3.05) is 44.6 Å². The molecule has 6 nitrogen and oxygen atoms in total. The van der Waals surface area contributed by atoms with E-state index < -0.39 is 5.41 Å². The van der Waals surface area contributed by atoms with E-state index in [1.807, 2.05) is 76.7 Å². The first-order valence-electron chi connectivity index (χ1n) is 9.84. The Kier molecular flexibility index (Phi) is 8.95. The molecular formula is C22H37N3O3. The van der Waals surface area contributed by atoms with Gasteiger partial charge in [0.1, 0.15) is 0 Å². The predicted octanol–water partition coefficient (Wildman–Crippen LogP) is 3.76. The first-order valence-corrected chi connectivity index (χ1v) is 9.84. The lowest BCUT2D eigenvalue weighted by Gasteiger charge is -2.31. The largest absolute Gasteiger partial charge is 0.383 e. The van der Waals surface area contributed by atoms with Gasteiger partial charge < -0.3 is 19.9 Å². The van der Waals surface area contributed by atoms with Gasteiger partial charge >= 0.3 is 0 Å². The van der Waals surface area contributed by atoms with Crippen LogP contribution in [-0.4, -0.2) is 51.1 Å². The highest BCUT2D eigenvalue weighted by molar-refractivity contribution is 5.91. The Bertz CT molecular complexity index is 663. The van der Waals surface area contributed by atoms with Crippen molar-refractivity contribution in [1.82, 2.24) is 4.90 Å². The number of benzene rings is 1. The van der Waals surface area contributed by atoms with Gasteiger partial charge in [-0.25, -0.2) is 0 Å². The van der Waals surface area contributed by atoms with E-state index in [1.165, 1.54) is 0 Å². The quantitative estimate of drug-likeness (QED) is 0.696. The van der Waals surface area contributed by atoms with E-state index >= 15 is 0 Å². The zero-order valence-corrected chi connectivity index (χ0v) is 18.8. The molecule has 0 saturated carbocycles. The molecule has 1 rings (SSSR count). The van der Waals surface area contributed by atoms with Crippen molar-refractivity contribution in [3.8, 4) is 0 Å². The van der Waals surface area contributed by atoms with Gasteiger partial charge in [0.15, 0.2) is 0 Å². The van der Waals surface area contributed by atoms with Crippen LogP contribution in [0.3, 0.4) is 0 Å². The van der Waals surface area contributed by atoms with Gasteiger partial charge in [0.2, 0.25) is 11.8 Å². The molecule has 0 atom stereocenters. The Balaban J connectivity index is 3.16. The molecule has 1 aromatic rings. The Morgan fingerprint density at radius 1 is 1.18 bits per heavy atom. The summed E-state index contributed by atoms with van der Waals surface area (Å²) in [6.07, 6.45) is 0.479. The minimum atomic E-state index is -0.477. The summed E-state index contributed by atoms with van der Waals surface area (Å²) in [6, 6.07) is 5.85. The van der Waals surface area contributed by atoms with Gasteiger partial charge in [-0.05, 0) is 29.7 Å². The molecule has 6 heteroatoms. The van der Waals surface area contributed by atoms with Crippen LogP contribution in [-0.2, 0) is 20.9 Å². The van der Waals surface area contributed by atoms with Crippen LogP contribution < -0.4 is 10.2 Å². The second kappa shape index (κ2) is 10.5. The third kappa shape index (κ3) is 7.50. The van der Waals surface area contributed by atoms with Crippen molar-refractivity contribution in [2.45, 2.75) is 47.6 Å². The van der Waals surface area contributed by atoms with Crippen molar-refractivity contribution in [2.24, 2.45) is 11.3 Å². The average Bonchev–Trinajstić information content (AvgIpc) is 2.56. The number of amides is 2. The molecule has 2 amide bonds. The molecule has 0 spiro atoms. The third-order valence-electron chi connectivity index (χ3n) is 4.29. The summed E-state index contributed by atoms with van der Waals surface area (Å²) >= 11 is 0. The smallest absolute Gasteiger partial charge is 0.228 e. The van der Waals surface area contributed by atoms with Crippen LogP contribution in [0.5, 0.6) is 0 Å². The number of methoxy groups -OCH3 is 1. The number of nitrogens with one attached hydrogen (secondary N) is 1. The molecule has 1 aromatic carbocycles. The monoisotopic (exact) mass is 391 g/mol. The molecule has 0 aromatic heterocycles. The number of hydrogen-bond donors (Lipinski definition) is 1. The summed E-state index contributed by atoms with van der Waals surface area (Å²) in [5.74, 6) is 0.374. The summed E-state index contributed by atoms with van der Waals surface area (Å²) < 4.78 is 5.20. The molecule has 0 fully saturated rings. The maximum atomic E-state index is 12.9. The standard InChI is InChI=1S/C22H37N3O3/c1-16(2)13-20(26)23-18-9-10-19(24(6)7)17(14-18)15-25(11-12-28-8)21(27)22(3,4)5/h9-10,14,16H,11-13,15H2,1-8H3,(H,23,26). The third-order valence-corrected chi connectivity index (χ3v) is 4.29. The molecule has 0 heterocycles. The Morgan fingerprint density at radius 3 is 2.32 bits per heavy atom. The summed E-state index contributed by atoms with van der Waals surface area (Å²) in [5, 5.41) is 2.97. The lowest BCUT2D eigenvalue weighted by atomic mass is 9.94. The molecule has 0 aliphatic carbocycles. The SMILES string of the molecule is COCCN(Cc1cc(NC(=O)CC(C)C)ccc1N(C)C)C(=O)C(C)(C)C. The maximum Gasteiger partial charge on any atom is 0.228 e. The van der Waals surface area contributed by atoms with Gasteiger partial charge in [0.05, 0.1) is 6.61 Å². The van der Waals surface area contributed by atoms with E-state index in [9.17, 15) is 9.59 Å². The van der Waals surface area contributed by atoms with Gasteiger partial charge in [-0.3, -0.25) is 9.59 Å². The lowest BCUT2D eigenvalue weighted by Crippen LogP contribution is -2.41. The minimum Gasteiger partial charge on any atom is -0.383 e. The number of nitrogens with zero attached hydrogens (tertiary/aromatic N) is 2. The topological polar surface area (TPSA) is 61.9 Å². The van der Waals surface area contributed by atoms with Gasteiger partial charge in [-0.1, -0.05) is 34.6 Å². The number of rotatable bonds is 9. The molecule has 0 saturated heterocycles. The van der Waals surface area contributed by atoms with Crippen LogP contribution in [0.4, 0.5) is 11.4 Å². The number of hydrogen-bond acceptors (Lipinski definition) is 4. The van der Waals surface area contributed by atoms with Crippen LogP contribution in [0.1, 0.15) is 46.6 Å². The van der Waals surface area contributed by atoms with E-state index in [2.05, 4.69) is 5.32 Å². The Morgan fingerprint density at radius 2 is 1.82 bits per heavy atom. The van der Waals surface area contributed by atoms with Crippen molar-refractivity contribution in [3.05, 3.63) is 23.8 Å². The van der Waals surface area contributed by atoms with Crippen LogP contribution in [0, 0.1) is 11.3 Å². The van der Waals surface area contributed by atoms with Crippen LogP contribution >= 0.6 is 0 Å². The van der Waals surface area contributed by atoms with E-state index in [-0.39, 0.29) is 11.8 Å². The molecule has 0 aliphatic heterocycles. The second-order valence-corrected chi connectivity index (χ2v) is 8.85. The fourth-order valence-electron chi connectivity index (χ4n) is 2.94. The second-order valence-electron chi connectivity index (χ2n) is 8.85. The van der Waals surface area contributed by atoms with Gasteiger partial charge in [-0.15, -0.1) is 0 Å². The van der Waals surface area contributed by atoms with Crippen LogP contribution in [0.25, 0.3) is 0 Å². The first-order chi connectivity index (χ1) is 13.0. The van der Waals surface area contributed by atoms with Crippen molar-refractivity contribution >= 4 is 23.2 Å². The first kappa shape index (κ1) is 24.0. The Labute approximate surface area is 170 Å². The number of carbonyl (C=O) groups is 2. The highest BCUT2D eigenvalue weighted by atomic mass is 16.5. The number of carbonyl (C=O) groups excluding carboxylic acids is 2. The van der Waals surface area contributed by atoms with E-state index in [0.29, 0.717) is 32.0 Å².